The topological polar surface area (TPSA) is 118 Å². The lowest BCUT2D eigenvalue weighted by Crippen LogP contribution is -2.44. The third kappa shape index (κ3) is 6.00. The lowest BCUT2D eigenvalue weighted by molar-refractivity contribution is 0.254. The van der Waals surface area contributed by atoms with E-state index < -0.39 is 50.5 Å². The molecule has 1 aromatic carbocycles. The molecule has 2 saturated carbocycles. The second-order valence-corrected chi connectivity index (χ2v) is 13.1. The predicted octanol–water partition coefficient (Wildman–Crippen LogP) is 5.18. The Morgan fingerprint density at radius 1 is 1.07 bits per heavy atom. The van der Waals surface area contributed by atoms with E-state index in [9.17, 15) is 12.8 Å². The van der Waals surface area contributed by atoms with E-state index in [1.165, 1.54) is 18.5 Å². The zero-order valence-corrected chi connectivity index (χ0v) is 23.4. The monoisotopic (exact) mass is 606 g/mol. The molecule has 3 heterocycles. The van der Waals surface area contributed by atoms with Crippen LogP contribution in [0.3, 0.4) is 0 Å². The molecule has 0 radical (unpaired) electrons. The Hall–Kier alpha value is -3.52. The summed E-state index contributed by atoms with van der Waals surface area (Å²) in [7, 11) is -4.15. The quantitative estimate of drug-likeness (QED) is 0.225. The maximum Gasteiger partial charge on any atom is 0.233 e. The smallest absolute Gasteiger partial charge is 0.233 e. The normalized spacial score (nSPS) is 25.4. The number of halogens is 4. The number of sulfonamides is 1. The Morgan fingerprint density at radius 3 is 2.62 bits per heavy atom. The number of benzene rings is 1. The Balaban J connectivity index is 1.22. The highest BCUT2D eigenvalue weighted by Crippen LogP contribution is 2.54. The van der Waals surface area contributed by atoms with E-state index in [4.69, 9.17) is 4.74 Å². The van der Waals surface area contributed by atoms with Gasteiger partial charge in [-0.3, -0.25) is 4.72 Å². The van der Waals surface area contributed by atoms with Gasteiger partial charge in [-0.1, -0.05) is 0 Å². The lowest BCUT2D eigenvalue weighted by atomic mass is 9.87. The van der Waals surface area contributed by atoms with Crippen molar-refractivity contribution in [3.8, 4) is 22.9 Å². The molecule has 2 bridgehead atoms. The van der Waals surface area contributed by atoms with E-state index in [1.807, 2.05) is 4.72 Å². The number of anilines is 2. The van der Waals surface area contributed by atoms with Crippen LogP contribution in [-0.4, -0.2) is 54.4 Å². The zero-order chi connectivity index (χ0) is 29.5. The summed E-state index contributed by atoms with van der Waals surface area (Å²) in [4.78, 5) is 12.7. The molecular formula is C28H30F4N6O3S. The van der Waals surface area contributed by atoms with Crippen LogP contribution in [0.15, 0.2) is 36.7 Å². The van der Waals surface area contributed by atoms with Gasteiger partial charge in [0, 0.05) is 44.0 Å². The van der Waals surface area contributed by atoms with Gasteiger partial charge in [0.2, 0.25) is 27.7 Å². The molecule has 0 spiro atoms. The van der Waals surface area contributed by atoms with Gasteiger partial charge in [0.1, 0.15) is 11.9 Å². The molecule has 1 saturated heterocycles. The Labute approximate surface area is 240 Å². The Bertz CT molecular complexity index is 1590. The van der Waals surface area contributed by atoms with Crippen molar-refractivity contribution in [2.75, 3.05) is 28.9 Å². The van der Waals surface area contributed by atoms with E-state index in [0.717, 1.165) is 32.1 Å². The van der Waals surface area contributed by atoms with Crippen LogP contribution in [-0.2, 0) is 10.0 Å². The molecule has 1 unspecified atom stereocenters. The molecule has 2 aromatic heterocycles. The van der Waals surface area contributed by atoms with Crippen molar-refractivity contribution in [2.45, 2.75) is 50.7 Å². The highest BCUT2D eigenvalue weighted by molar-refractivity contribution is 7.92. The van der Waals surface area contributed by atoms with Gasteiger partial charge in [-0.25, -0.2) is 36.5 Å². The number of fused-ring (bicyclic) bond motifs is 2. The summed E-state index contributed by atoms with van der Waals surface area (Å²) in [6, 6.07) is 5.01. The second kappa shape index (κ2) is 11.3. The first kappa shape index (κ1) is 28.6. The van der Waals surface area contributed by atoms with Crippen molar-refractivity contribution in [1.29, 1.82) is 0 Å². The highest BCUT2D eigenvalue weighted by Gasteiger charge is 2.47. The minimum absolute atomic E-state index is 0.201. The number of nitrogens with one attached hydrogen (secondary N) is 3. The molecule has 3 N–H and O–H groups in total. The van der Waals surface area contributed by atoms with E-state index in [1.54, 1.807) is 12.1 Å². The molecule has 6 rings (SSSR count). The third-order valence-corrected chi connectivity index (χ3v) is 9.81. The standard InChI is InChI=1S/C28H30F4N6O3S/c29-17-10-18(14-33-13-17)36-27-35-9-5-21(37-27)19-2-1-8-34-26(19)41-22-11-20(30)25(24(32)23(22)31)38-42(39,40)15-28-6-3-16(12-28)4-7-28/h1-2,5,8-9,11,16-18,33,38H,3-4,6-7,10,12-15H2,(H,35,36,37)/t16?,17-,18?,28?/m0/s1. The first-order valence-electron chi connectivity index (χ1n) is 13.9. The number of alkyl halides is 1. The van der Waals surface area contributed by atoms with Crippen LogP contribution in [0, 0.1) is 28.8 Å². The summed E-state index contributed by atoms with van der Waals surface area (Å²) < 4.78 is 92.2. The molecule has 42 heavy (non-hydrogen) atoms. The molecule has 2 atom stereocenters. The average molecular weight is 607 g/mol. The van der Waals surface area contributed by atoms with Crippen molar-refractivity contribution in [3.63, 3.8) is 0 Å². The predicted molar refractivity (Wildman–Crippen MR) is 148 cm³/mol. The maximum absolute atomic E-state index is 15.1. The number of aromatic nitrogens is 3. The largest absolute Gasteiger partial charge is 0.435 e. The Morgan fingerprint density at radius 2 is 1.88 bits per heavy atom. The molecule has 14 heteroatoms. The number of hydrogen-bond donors (Lipinski definition) is 3. The Kier molecular flexibility index (Phi) is 7.68. The molecular weight excluding hydrogens is 576 g/mol. The van der Waals surface area contributed by atoms with Gasteiger partial charge < -0.3 is 15.4 Å². The summed E-state index contributed by atoms with van der Waals surface area (Å²) in [6.45, 7) is 0.806. The summed E-state index contributed by atoms with van der Waals surface area (Å²) in [5, 5.41) is 6.05. The van der Waals surface area contributed by atoms with Gasteiger partial charge >= 0.3 is 0 Å². The maximum atomic E-state index is 15.1. The van der Waals surface area contributed by atoms with Gasteiger partial charge in [-0.2, -0.15) is 4.39 Å². The summed E-state index contributed by atoms with van der Waals surface area (Å²) in [6.07, 6.45) is 6.24. The third-order valence-electron chi connectivity index (χ3n) is 8.31. The number of piperidine rings is 1. The molecule has 3 aliphatic rings. The molecule has 2 aliphatic carbocycles. The van der Waals surface area contributed by atoms with Gasteiger partial charge in [0.15, 0.2) is 17.4 Å². The van der Waals surface area contributed by atoms with Crippen LogP contribution in [0.5, 0.6) is 11.6 Å². The van der Waals surface area contributed by atoms with Crippen LogP contribution >= 0.6 is 0 Å². The van der Waals surface area contributed by atoms with Crippen LogP contribution < -0.4 is 20.1 Å². The van der Waals surface area contributed by atoms with Gasteiger partial charge in [0.25, 0.3) is 0 Å². The molecule has 224 valence electrons. The summed E-state index contributed by atoms with van der Waals surface area (Å²) in [5.41, 5.74) is -0.921. The van der Waals surface area contributed by atoms with Crippen molar-refractivity contribution in [2.24, 2.45) is 11.3 Å². The molecule has 3 fully saturated rings. The van der Waals surface area contributed by atoms with Crippen LogP contribution in [0.1, 0.15) is 38.5 Å². The van der Waals surface area contributed by atoms with E-state index in [2.05, 4.69) is 25.6 Å². The first-order valence-corrected chi connectivity index (χ1v) is 15.5. The fraction of sp³-hybridized carbons (Fsp3) is 0.464. The summed E-state index contributed by atoms with van der Waals surface area (Å²) >= 11 is 0. The van der Waals surface area contributed by atoms with Crippen LogP contribution in [0.25, 0.3) is 11.3 Å². The number of ether oxygens (including phenoxy) is 1. The van der Waals surface area contributed by atoms with Gasteiger partial charge in [-0.15, -0.1) is 0 Å². The number of nitrogens with zero attached hydrogens (tertiary/aromatic N) is 3. The molecule has 3 aromatic rings. The number of hydrogen-bond acceptors (Lipinski definition) is 8. The minimum atomic E-state index is -4.15. The van der Waals surface area contributed by atoms with Crippen molar-refractivity contribution in [1.82, 2.24) is 20.3 Å². The van der Waals surface area contributed by atoms with Crippen LogP contribution in [0.2, 0.25) is 0 Å². The minimum Gasteiger partial charge on any atom is -0.435 e. The molecule has 0 amide bonds. The van der Waals surface area contributed by atoms with Gasteiger partial charge in [-0.05, 0) is 61.6 Å². The van der Waals surface area contributed by atoms with Crippen molar-refractivity contribution in [3.05, 3.63) is 54.1 Å². The fourth-order valence-electron chi connectivity index (χ4n) is 6.38. The van der Waals surface area contributed by atoms with Gasteiger partial charge in [0.05, 0.1) is 17.0 Å². The lowest BCUT2D eigenvalue weighted by Gasteiger charge is -2.26. The number of rotatable bonds is 9. The van der Waals surface area contributed by atoms with E-state index in [-0.39, 0.29) is 42.2 Å². The highest BCUT2D eigenvalue weighted by atomic mass is 32.2. The fourth-order valence-corrected chi connectivity index (χ4v) is 8.16. The average Bonchev–Trinajstić information content (AvgIpc) is 3.54. The van der Waals surface area contributed by atoms with Crippen LogP contribution in [0.4, 0.5) is 29.2 Å². The van der Waals surface area contributed by atoms with E-state index in [0.29, 0.717) is 24.2 Å². The number of pyridine rings is 1. The van der Waals surface area contributed by atoms with Crippen molar-refractivity contribution < 1.29 is 30.7 Å². The zero-order valence-electron chi connectivity index (χ0n) is 22.5. The second-order valence-electron chi connectivity index (χ2n) is 11.4. The first-order chi connectivity index (χ1) is 20.1. The van der Waals surface area contributed by atoms with E-state index >= 15 is 13.2 Å². The molecule has 9 nitrogen and oxygen atoms in total. The summed E-state index contributed by atoms with van der Waals surface area (Å²) in [5.74, 6) is -5.23. The molecule has 1 aliphatic heterocycles. The van der Waals surface area contributed by atoms with Crippen molar-refractivity contribution >= 4 is 21.7 Å². The SMILES string of the molecule is O=S(=O)(CC12CCC(CC1)C2)Nc1c(F)cc(Oc2ncccc2-c2ccnc(NC3CNC[C@@H](F)C3)n2)c(F)c1F.